The lowest BCUT2D eigenvalue weighted by atomic mass is 10.2. The summed E-state index contributed by atoms with van der Waals surface area (Å²) in [6.45, 7) is 2.36. The molecule has 0 spiro atoms. The average Bonchev–Trinajstić information content (AvgIpc) is 3.17. The Morgan fingerprint density at radius 1 is 1.32 bits per heavy atom. The van der Waals surface area contributed by atoms with Crippen LogP contribution in [0, 0.1) is 6.92 Å². The van der Waals surface area contributed by atoms with Gasteiger partial charge in [-0.3, -0.25) is 4.79 Å². The van der Waals surface area contributed by atoms with Crippen LogP contribution in [0.1, 0.15) is 21.1 Å². The molecule has 2 heterocycles. The fourth-order valence-electron chi connectivity index (χ4n) is 1.90. The Morgan fingerprint density at radius 2 is 2.23 bits per heavy atom. The third kappa shape index (κ3) is 3.72. The van der Waals surface area contributed by atoms with E-state index in [2.05, 4.69) is 10.3 Å². The van der Waals surface area contributed by atoms with E-state index in [0.717, 1.165) is 16.4 Å². The van der Waals surface area contributed by atoms with Gasteiger partial charge in [0, 0.05) is 16.3 Å². The highest BCUT2D eigenvalue weighted by Gasteiger charge is 2.08. The Bertz CT molecular complexity index is 766. The summed E-state index contributed by atoms with van der Waals surface area (Å²) in [5, 5.41) is 9.65. The van der Waals surface area contributed by atoms with Gasteiger partial charge in [-0.2, -0.15) is 11.3 Å². The van der Waals surface area contributed by atoms with Crippen LogP contribution in [0.3, 0.4) is 0 Å². The summed E-state index contributed by atoms with van der Waals surface area (Å²) < 4.78 is 5.70. The number of carbonyl (C=O) groups is 1. The largest absolute Gasteiger partial charge is 0.487 e. The maximum absolute atomic E-state index is 12.2. The van der Waals surface area contributed by atoms with E-state index in [9.17, 15) is 4.79 Å². The number of nitrogens with zero attached hydrogens (tertiary/aromatic N) is 1. The number of nitrogens with one attached hydrogen (secondary N) is 1. The van der Waals surface area contributed by atoms with Crippen LogP contribution in [0.4, 0.5) is 5.69 Å². The molecule has 112 valence electrons. The quantitative estimate of drug-likeness (QED) is 0.757. The van der Waals surface area contributed by atoms with E-state index in [-0.39, 0.29) is 5.91 Å². The van der Waals surface area contributed by atoms with Crippen molar-refractivity contribution in [3.63, 3.8) is 0 Å². The smallest absolute Gasteiger partial charge is 0.255 e. The minimum absolute atomic E-state index is 0.145. The maximum atomic E-state index is 12.2. The summed E-state index contributed by atoms with van der Waals surface area (Å²) in [4.78, 5) is 16.5. The van der Waals surface area contributed by atoms with Crippen molar-refractivity contribution in [2.24, 2.45) is 0 Å². The molecule has 3 rings (SSSR count). The first kappa shape index (κ1) is 14.7. The summed E-state index contributed by atoms with van der Waals surface area (Å²) in [7, 11) is 0. The zero-order chi connectivity index (χ0) is 15.4. The van der Waals surface area contributed by atoms with E-state index in [1.165, 1.54) is 0 Å². The van der Waals surface area contributed by atoms with Gasteiger partial charge in [-0.05, 0) is 36.6 Å². The summed E-state index contributed by atoms with van der Waals surface area (Å²) in [6, 6.07) is 9.01. The molecule has 0 atom stereocenters. The molecule has 1 aromatic carbocycles. The monoisotopic (exact) mass is 330 g/mol. The number of aryl methyl sites for hydroxylation is 1. The van der Waals surface area contributed by atoms with Gasteiger partial charge >= 0.3 is 0 Å². The van der Waals surface area contributed by atoms with E-state index in [1.807, 2.05) is 41.3 Å². The molecule has 0 unspecified atom stereocenters. The van der Waals surface area contributed by atoms with E-state index >= 15 is 0 Å². The van der Waals surface area contributed by atoms with Crippen molar-refractivity contribution >= 4 is 34.3 Å². The third-order valence-electron chi connectivity index (χ3n) is 2.93. The molecule has 0 radical (unpaired) electrons. The molecular weight excluding hydrogens is 316 g/mol. The first-order valence-corrected chi connectivity index (χ1v) is 8.50. The number of anilines is 1. The number of aromatic nitrogens is 1. The number of hydrogen-bond acceptors (Lipinski definition) is 5. The minimum Gasteiger partial charge on any atom is -0.487 e. The maximum Gasteiger partial charge on any atom is 0.255 e. The van der Waals surface area contributed by atoms with Crippen LogP contribution in [-0.2, 0) is 6.61 Å². The Balaban J connectivity index is 1.65. The fourth-order valence-corrected chi connectivity index (χ4v) is 3.08. The number of rotatable bonds is 5. The van der Waals surface area contributed by atoms with Gasteiger partial charge in [-0.15, -0.1) is 11.3 Å². The lowest BCUT2D eigenvalue weighted by molar-refractivity contribution is 0.102. The number of hydrogen-bond donors (Lipinski definition) is 1. The number of benzene rings is 1. The molecule has 1 N–H and O–H groups in total. The summed E-state index contributed by atoms with van der Waals surface area (Å²) in [5.41, 5.74) is 2.27. The van der Waals surface area contributed by atoms with E-state index in [0.29, 0.717) is 17.9 Å². The second-order valence-electron chi connectivity index (χ2n) is 4.64. The highest BCUT2D eigenvalue weighted by molar-refractivity contribution is 7.09. The van der Waals surface area contributed by atoms with Crippen molar-refractivity contribution in [3.05, 3.63) is 62.7 Å². The Labute approximate surface area is 136 Å². The van der Waals surface area contributed by atoms with E-state index in [4.69, 9.17) is 4.74 Å². The van der Waals surface area contributed by atoms with E-state index in [1.54, 1.807) is 34.8 Å². The second kappa shape index (κ2) is 6.72. The molecule has 0 fully saturated rings. The van der Waals surface area contributed by atoms with Gasteiger partial charge in [0.05, 0.1) is 16.4 Å². The SMILES string of the molecule is Cc1nc(COc2cccc(C(=O)Nc3ccsc3)c2)cs1. The predicted octanol–water partition coefficient (Wildman–Crippen LogP) is 4.34. The minimum atomic E-state index is -0.145. The highest BCUT2D eigenvalue weighted by atomic mass is 32.1. The molecule has 22 heavy (non-hydrogen) atoms. The fraction of sp³-hybridized carbons (Fsp3) is 0.125. The van der Waals surface area contributed by atoms with Gasteiger partial charge in [0.2, 0.25) is 0 Å². The molecule has 0 saturated carbocycles. The number of ether oxygens (including phenoxy) is 1. The van der Waals surface area contributed by atoms with Gasteiger partial charge in [0.25, 0.3) is 5.91 Å². The van der Waals surface area contributed by atoms with E-state index < -0.39 is 0 Å². The molecule has 6 heteroatoms. The topological polar surface area (TPSA) is 51.2 Å². The average molecular weight is 330 g/mol. The van der Waals surface area contributed by atoms with Crippen LogP contribution < -0.4 is 10.1 Å². The van der Waals surface area contributed by atoms with Gasteiger partial charge in [-0.1, -0.05) is 6.07 Å². The standard InChI is InChI=1S/C16H14N2O2S2/c1-11-17-14(10-22-11)8-20-15-4-2-3-12(7-15)16(19)18-13-5-6-21-9-13/h2-7,9-10H,8H2,1H3,(H,18,19). The Hall–Kier alpha value is -2.18. The molecule has 4 nitrogen and oxygen atoms in total. The lowest BCUT2D eigenvalue weighted by Crippen LogP contribution is -2.11. The molecule has 0 saturated heterocycles. The van der Waals surface area contributed by atoms with Crippen LogP contribution in [-0.4, -0.2) is 10.9 Å². The summed E-state index contributed by atoms with van der Waals surface area (Å²) in [5.74, 6) is 0.511. The number of amides is 1. The Kier molecular flexibility index (Phi) is 4.50. The second-order valence-corrected chi connectivity index (χ2v) is 6.48. The van der Waals surface area contributed by atoms with Crippen molar-refractivity contribution in [2.45, 2.75) is 13.5 Å². The van der Waals surface area contributed by atoms with Crippen molar-refractivity contribution in [1.29, 1.82) is 0 Å². The Morgan fingerprint density at radius 3 is 2.95 bits per heavy atom. The summed E-state index contributed by atoms with van der Waals surface area (Å²) in [6.07, 6.45) is 0. The van der Waals surface area contributed by atoms with Crippen molar-refractivity contribution in [2.75, 3.05) is 5.32 Å². The molecular formula is C16H14N2O2S2. The zero-order valence-corrected chi connectivity index (χ0v) is 13.5. The molecule has 0 aliphatic heterocycles. The van der Waals surface area contributed by atoms with Crippen LogP contribution in [0.15, 0.2) is 46.5 Å². The first-order chi connectivity index (χ1) is 10.7. The molecule has 3 aromatic rings. The summed E-state index contributed by atoms with van der Waals surface area (Å²) >= 11 is 3.14. The number of thiophene rings is 1. The van der Waals surface area contributed by atoms with Crippen molar-refractivity contribution in [3.8, 4) is 5.75 Å². The van der Waals surface area contributed by atoms with Gasteiger partial charge in [0.1, 0.15) is 12.4 Å². The molecule has 0 aliphatic rings. The van der Waals surface area contributed by atoms with Gasteiger partial charge < -0.3 is 10.1 Å². The number of carbonyl (C=O) groups excluding carboxylic acids is 1. The van der Waals surface area contributed by atoms with Crippen LogP contribution >= 0.6 is 22.7 Å². The molecule has 0 aliphatic carbocycles. The predicted molar refractivity (Wildman–Crippen MR) is 89.9 cm³/mol. The first-order valence-electron chi connectivity index (χ1n) is 6.68. The van der Waals surface area contributed by atoms with Crippen molar-refractivity contribution in [1.82, 2.24) is 4.98 Å². The van der Waals surface area contributed by atoms with Crippen LogP contribution in [0.25, 0.3) is 0 Å². The van der Waals surface area contributed by atoms with Crippen molar-refractivity contribution < 1.29 is 9.53 Å². The van der Waals surface area contributed by atoms with Gasteiger partial charge in [-0.25, -0.2) is 4.98 Å². The molecule has 2 aromatic heterocycles. The number of thiazole rings is 1. The normalized spacial score (nSPS) is 10.4. The van der Waals surface area contributed by atoms with Crippen LogP contribution in [0.2, 0.25) is 0 Å². The highest BCUT2D eigenvalue weighted by Crippen LogP contribution is 2.18. The van der Waals surface area contributed by atoms with Crippen LogP contribution in [0.5, 0.6) is 5.75 Å². The lowest BCUT2D eigenvalue weighted by Gasteiger charge is -2.07. The molecule has 0 bridgehead atoms. The third-order valence-corrected chi connectivity index (χ3v) is 4.43. The zero-order valence-electron chi connectivity index (χ0n) is 11.9. The van der Waals surface area contributed by atoms with Gasteiger partial charge in [0.15, 0.2) is 0 Å². The molecule has 1 amide bonds.